The molecule has 148 valence electrons. The summed E-state index contributed by atoms with van der Waals surface area (Å²) < 4.78 is 6.89. The van der Waals surface area contributed by atoms with E-state index in [1.807, 2.05) is 0 Å². The molecule has 0 aliphatic heterocycles. The van der Waals surface area contributed by atoms with Crippen molar-refractivity contribution in [3.05, 3.63) is 42.2 Å². The summed E-state index contributed by atoms with van der Waals surface area (Å²) in [5.41, 5.74) is 1.08. The predicted molar refractivity (Wildman–Crippen MR) is 103 cm³/mol. The second kappa shape index (κ2) is 9.16. The normalized spacial score (nSPS) is 13.9. The molecular weight excluding hydrogens is 360 g/mol. The van der Waals surface area contributed by atoms with Crippen LogP contribution in [0.2, 0.25) is 0 Å². The van der Waals surface area contributed by atoms with Gasteiger partial charge in [-0.25, -0.2) is 0 Å². The van der Waals surface area contributed by atoms with Crippen LogP contribution in [-0.4, -0.2) is 40.0 Å². The molecule has 0 radical (unpaired) electrons. The number of amides is 2. The van der Waals surface area contributed by atoms with Gasteiger partial charge in [0.25, 0.3) is 5.91 Å². The Morgan fingerprint density at radius 3 is 2.54 bits per heavy atom. The summed E-state index contributed by atoms with van der Waals surface area (Å²) in [7, 11) is 0. The van der Waals surface area contributed by atoms with Gasteiger partial charge in [-0.3, -0.25) is 19.1 Å². The Kier molecular flexibility index (Phi) is 6.41. The summed E-state index contributed by atoms with van der Waals surface area (Å²) in [5, 5.41) is 9.77. The fraction of sp³-hybridized carbons (Fsp3) is 0.400. The molecule has 1 aliphatic carbocycles. The number of hydrogen-bond acceptors (Lipinski definition) is 5. The van der Waals surface area contributed by atoms with Gasteiger partial charge in [-0.05, 0) is 44.0 Å². The van der Waals surface area contributed by atoms with Gasteiger partial charge in [0.1, 0.15) is 12.3 Å². The van der Waals surface area contributed by atoms with Crippen molar-refractivity contribution in [1.29, 1.82) is 0 Å². The number of anilines is 1. The molecule has 2 amide bonds. The lowest BCUT2D eigenvalue weighted by molar-refractivity contribution is -0.122. The smallest absolute Gasteiger partial charge is 0.262 e. The number of aromatic nitrogens is 2. The summed E-state index contributed by atoms with van der Waals surface area (Å²) in [4.78, 5) is 35.3. The number of benzene rings is 1. The van der Waals surface area contributed by atoms with E-state index in [0.29, 0.717) is 17.0 Å². The molecule has 28 heavy (non-hydrogen) atoms. The van der Waals surface area contributed by atoms with Gasteiger partial charge < -0.3 is 15.4 Å². The third-order valence-corrected chi connectivity index (χ3v) is 4.57. The number of Topliss-reactive ketones (excluding diaryl/α,β-unsaturated/α-hetero) is 1. The van der Waals surface area contributed by atoms with E-state index in [1.165, 1.54) is 17.8 Å². The summed E-state index contributed by atoms with van der Waals surface area (Å²) in [6.45, 7) is 1.43. The maximum absolute atomic E-state index is 12.0. The number of nitrogens with zero attached hydrogens (tertiary/aromatic N) is 2. The van der Waals surface area contributed by atoms with Crippen LogP contribution < -0.4 is 15.4 Å². The van der Waals surface area contributed by atoms with Gasteiger partial charge in [0.05, 0.1) is 11.9 Å². The van der Waals surface area contributed by atoms with Gasteiger partial charge in [0.2, 0.25) is 5.91 Å². The zero-order valence-electron chi connectivity index (χ0n) is 15.8. The van der Waals surface area contributed by atoms with Crippen LogP contribution in [0.15, 0.2) is 36.7 Å². The Labute approximate surface area is 163 Å². The first kappa shape index (κ1) is 19.6. The average Bonchev–Trinajstić information content (AvgIpc) is 3.32. The van der Waals surface area contributed by atoms with E-state index in [-0.39, 0.29) is 36.8 Å². The molecule has 8 heteroatoms. The van der Waals surface area contributed by atoms with E-state index in [4.69, 9.17) is 4.74 Å². The molecule has 1 aromatic carbocycles. The van der Waals surface area contributed by atoms with Gasteiger partial charge >= 0.3 is 0 Å². The molecule has 0 bridgehead atoms. The number of ketones is 1. The van der Waals surface area contributed by atoms with E-state index in [0.717, 1.165) is 25.7 Å². The van der Waals surface area contributed by atoms with Crippen molar-refractivity contribution in [3.8, 4) is 5.75 Å². The highest BCUT2D eigenvalue weighted by Gasteiger charge is 2.17. The van der Waals surface area contributed by atoms with Gasteiger partial charge in [-0.2, -0.15) is 5.10 Å². The molecule has 0 unspecified atom stereocenters. The van der Waals surface area contributed by atoms with Crippen LogP contribution in [0.3, 0.4) is 0 Å². The number of nitrogens with one attached hydrogen (secondary N) is 2. The third-order valence-electron chi connectivity index (χ3n) is 4.57. The van der Waals surface area contributed by atoms with Crippen LogP contribution in [0, 0.1) is 0 Å². The SMILES string of the molecule is CC(=O)c1ccc(OCC(=O)Nc2cnn(CC(=O)NC3CCCC3)c2)cc1. The molecule has 3 rings (SSSR count). The van der Waals surface area contributed by atoms with Crippen molar-refractivity contribution in [3.63, 3.8) is 0 Å². The molecule has 0 atom stereocenters. The number of hydrogen-bond donors (Lipinski definition) is 2. The lowest BCUT2D eigenvalue weighted by Gasteiger charge is -2.11. The number of ether oxygens (including phenoxy) is 1. The van der Waals surface area contributed by atoms with Gasteiger partial charge in [-0.1, -0.05) is 12.8 Å². The summed E-state index contributed by atoms with van der Waals surface area (Å²) >= 11 is 0. The molecule has 1 aromatic heterocycles. The fourth-order valence-corrected chi connectivity index (χ4v) is 3.14. The van der Waals surface area contributed by atoms with Gasteiger partial charge in [0, 0.05) is 17.8 Å². The first-order valence-corrected chi connectivity index (χ1v) is 9.35. The summed E-state index contributed by atoms with van der Waals surface area (Å²) in [6.07, 6.45) is 7.47. The molecular formula is C20H24N4O4. The van der Waals surface area contributed by atoms with Crippen LogP contribution in [0.25, 0.3) is 0 Å². The molecule has 8 nitrogen and oxygen atoms in total. The molecule has 1 heterocycles. The van der Waals surface area contributed by atoms with Crippen LogP contribution in [0.1, 0.15) is 43.0 Å². The highest BCUT2D eigenvalue weighted by atomic mass is 16.5. The van der Waals surface area contributed by atoms with E-state index >= 15 is 0 Å². The highest BCUT2D eigenvalue weighted by molar-refractivity contribution is 5.94. The van der Waals surface area contributed by atoms with Crippen molar-refractivity contribution in [2.24, 2.45) is 0 Å². The minimum absolute atomic E-state index is 0.0294. The first-order valence-electron chi connectivity index (χ1n) is 9.35. The first-order chi connectivity index (χ1) is 13.5. The van der Waals surface area contributed by atoms with Crippen molar-refractivity contribution < 1.29 is 19.1 Å². The van der Waals surface area contributed by atoms with Crippen molar-refractivity contribution in [2.75, 3.05) is 11.9 Å². The van der Waals surface area contributed by atoms with Crippen molar-refractivity contribution in [2.45, 2.75) is 45.2 Å². The Morgan fingerprint density at radius 1 is 1.14 bits per heavy atom. The topological polar surface area (TPSA) is 102 Å². The molecule has 2 N–H and O–H groups in total. The van der Waals surface area contributed by atoms with Crippen LogP contribution in [0.4, 0.5) is 5.69 Å². The van der Waals surface area contributed by atoms with E-state index < -0.39 is 0 Å². The lowest BCUT2D eigenvalue weighted by atomic mass is 10.1. The Morgan fingerprint density at radius 2 is 1.86 bits per heavy atom. The van der Waals surface area contributed by atoms with Crippen molar-refractivity contribution >= 4 is 23.3 Å². The van der Waals surface area contributed by atoms with E-state index in [9.17, 15) is 14.4 Å². The molecule has 2 aromatic rings. The molecule has 1 aliphatic rings. The zero-order valence-corrected chi connectivity index (χ0v) is 15.8. The van der Waals surface area contributed by atoms with E-state index in [1.54, 1.807) is 30.5 Å². The van der Waals surface area contributed by atoms with Gasteiger partial charge in [0.15, 0.2) is 12.4 Å². The minimum Gasteiger partial charge on any atom is -0.484 e. The number of carbonyl (C=O) groups is 3. The number of carbonyl (C=O) groups excluding carboxylic acids is 3. The van der Waals surface area contributed by atoms with Gasteiger partial charge in [-0.15, -0.1) is 0 Å². The van der Waals surface area contributed by atoms with Crippen LogP contribution in [0.5, 0.6) is 5.75 Å². The maximum atomic E-state index is 12.0. The third kappa shape index (κ3) is 5.67. The largest absolute Gasteiger partial charge is 0.484 e. The van der Waals surface area contributed by atoms with Crippen molar-refractivity contribution in [1.82, 2.24) is 15.1 Å². The van der Waals surface area contributed by atoms with Crippen LogP contribution >= 0.6 is 0 Å². The molecule has 1 saturated carbocycles. The zero-order chi connectivity index (χ0) is 19.9. The lowest BCUT2D eigenvalue weighted by Crippen LogP contribution is -2.35. The fourth-order valence-electron chi connectivity index (χ4n) is 3.14. The summed E-state index contributed by atoms with van der Waals surface area (Å²) in [6, 6.07) is 6.85. The van der Waals surface area contributed by atoms with Crippen LogP contribution in [-0.2, 0) is 16.1 Å². The standard InChI is InChI=1S/C20H24N4O4/c1-14(25)15-6-8-18(9-7-15)28-13-20(27)23-17-10-21-24(11-17)12-19(26)22-16-4-2-3-5-16/h6-11,16H,2-5,12-13H2,1H3,(H,22,26)(H,23,27). The Bertz CT molecular complexity index is 838. The molecule has 0 spiro atoms. The Hall–Kier alpha value is -3.16. The number of rotatable bonds is 8. The summed E-state index contributed by atoms with van der Waals surface area (Å²) in [5.74, 6) is 0.0495. The minimum atomic E-state index is -0.342. The average molecular weight is 384 g/mol. The predicted octanol–water partition coefficient (Wildman–Crippen LogP) is 2.16. The molecule has 0 saturated heterocycles. The van der Waals surface area contributed by atoms with E-state index in [2.05, 4.69) is 15.7 Å². The Balaban J connectivity index is 1.43. The highest BCUT2D eigenvalue weighted by Crippen LogP contribution is 2.17. The second-order valence-corrected chi connectivity index (χ2v) is 6.89. The monoisotopic (exact) mass is 384 g/mol. The quantitative estimate of drug-likeness (QED) is 0.679. The maximum Gasteiger partial charge on any atom is 0.262 e. The molecule has 1 fully saturated rings. The second-order valence-electron chi connectivity index (χ2n) is 6.89.